The monoisotopic (exact) mass is 206 g/mol. The van der Waals surface area contributed by atoms with Gasteiger partial charge in [-0.1, -0.05) is 12.1 Å². The summed E-state index contributed by atoms with van der Waals surface area (Å²) in [6.45, 7) is 0. The van der Waals surface area contributed by atoms with E-state index in [0.29, 0.717) is 12.8 Å². The number of hydrogen-bond donors (Lipinski definition) is 1. The highest BCUT2D eigenvalue weighted by Crippen LogP contribution is 2.10. The molecular formula is C11H11FN2O. The number of benzene rings is 1. The van der Waals surface area contributed by atoms with E-state index in [1.807, 2.05) is 6.07 Å². The molecule has 3 nitrogen and oxygen atoms in total. The number of aryl methyl sites for hydroxylation is 2. The molecule has 2 rings (SSSR count). The maximum atomic E-state index is 12.8. The zero-order chi connectivity index (χ0) is 10.7. The van der Waals surface area contributed by atoms with Gasteiger partial charge in [-0.15, -0.1) is 0 Å². The van der Waals surface area contributed by atoms with Crippen LogP contribution in [-0.4, -0.2) is 4.98 Å². The van der Waals surface area contributed by atoms with Crippen molar-refractivity contribution < 1.29 is 8.81 Å². The molecule has 78 valence electrons. The van der Waals surface area contributed by atoms with Gasteiger partial charge in [-0.25, -0.2) is 9.37 Å². The molecule has 0 bridgehead atoms. The predicted octanol–water partition coefficient (Wildman–Crippen LogP) is 2.18. The topological polar surface area (TPSA) is 52.0 Å². The summed E-state index contributed by atoms with van der Waals surface area (Å²) in [5, 5.41) is 0. The summed E-state index contributed by atoms with van der Waals surface area (Å²) in [5.74, 6) is 0.501. The van der Waals surface area contributed by atoms with E-state index in [1.165, 1.54) is 12.1 Å². The van der Waals surface area contributed by atoms with Crippen LogP contribution in [0.4, 0.5) is 10.4 Å². The molecule has 15 heavy (non-hydrogen) atoms. The maximum Gasteiger partial charge on any atom is 0.292 e. The van der Waals surface area contributed by atoms with Gasteiger partial charge in [0.25, 0.3) is 6.01 Å². The molecule has 4 heteroatoms. The molecule has 1 heterocycles. The Morgan fingerprint density at radius 2 is 2.20 bits per heavy atom. The molecule has 0 spiro atoms. The molecule has 1 aromatic heterocycles. The van der Waals surface area contributed by atoms with E-state index in [4.69, 9.17) is 10.2 Å². The summed E-state index contributed by atoms with van der Waals surface area (Å²) < 4.78 is 17.9. The second-order valence-electron chi connectivity index (χ2n) is 3.29. The highest BCUT2D eigenvalue weighted by molar-refractivity contribution is 5.18. The van der Waals surface area contributed by atoms with Crippen LogP contribution in [-0.2, 0) is 12.8 Å². The van der Waals surface area contributed by atoms with Gasteiger partial charge in [0.05, 0.1) is 6.20 Å². The van der Waals surface area contributed by atoms with Crippen molar-refractivity contribution in [3.05, 3.63) is 47.6 Å². The molecule has 0 saturated heterocycles. The zero-order valence-electron chi connectivity index (χ0n) is 8.11. The lowest BCUT2D eigenvalue weighted by molar-refractivity contribution is 0.521. The van der Waals surface area contributed by atoms with E-state index in [-0.39, 0.29) is 11.8 Å². The fourth-order valence-electron chi connectivity index (χ4n) is 1.40. The Hall–Kier alpha value is -1.84. The van der Waals surface area contributed by atoms with E-state index >= 15 is 0 Å². The van der Waals surface area contributed by atoms with Crippen LogP contribution in [0.3, 0.4) is 0 Å². The van der Waals surface area contributed by atoms with E-state index in [0.717, 1.165) is 11.3 Å². The average Bonchev–Trinajstić information content (AvgIpc) is 2.62. The van der Waals surface area contributed by atoms with Crippen molar-refractivity contribution in [3.63, 3.8) is 0 Å². The molecule has 0 radical (unpaired) electrons. The second-order valence-corrected chi connectivity index (χ2v) is 3.29. The molecule has 0 fully saturated rings. The van der Waals surface area contributed by atoms with E-state index in [9.17, 15) is 4.39 Å². The third kappa shape index (κ3) is 2.56. The minimum absolute atomic E-state index is 0.171. The van der Waals surface area contributed by atoms with Gasteiger partial charge in [0, 0.05) is 6.42 Å². The van der Waals surface area contributed by atoms with Crippen LogP contribution >= 0.6 is 0 Å². The molecule has 0 saturated carbocycles. The van der Waals surface area contributed by atoms with Gasteiger partial charge in [0.1, 0.15) is 11.6 Å². The average molecular weight is 206 g/mol. The second kappa shape index (κ2) is 4.13. The maximum absolute atomic E-state index is 12.8. The lowest BCUT2D eigenvalue weighted by Gasteiger charge is -1.98. The number of aromatic nitrogens is 1. The molecule has 0 unspecified atom stereocenters. The SMILES string of the molecule is Nc1ncc(CCc2cccc(F)c2)o1. The fraction of sp³-hybridized carbons (Fsp3) is 0.182. The largest absolute Gasteiger partial charge is 0.429 e. The number of nitrogens with zero attached hydrogens (tertiary/aromatic N) is 1. The first-order valence-corrected chi connectivity index (χ1v) is 4.68. The van der Waals surface area contributed by atoms with Crippen LogP contribution in [0.5, 0.6) is 0 Å². The zero-order valence-corrected chi connectivity index (χ0v) is 8.11. The molecule has 2 N–H and O–H groups in total. The molecule has 0 atom stereocenters. The minimum Gasteiger partial charge on any atom is -0.429 e. The van der Waals surface area contributed by atoms with Crippen molar-refractivity contribution in [2.75, 3.05) is 5.73 Å². The van der Waals surface area contributed by atoms with Gasteiger partial charge >= 0.3 is 0 Å². The fourth-order valence-corrected chi connectivity index (χ4v) is 1.40. The third-order valence-corrected chi connectivity index (χ3v) is 2.12. The minimum atomic E-state index is -0.218. The standard InChI is InChI=1S/C11H11FN2O/c12-9-3-1-2-8(6-9)4-5-10-7-14-11(13)15-10/h1-3,6-7H,4-5H2,(H2,13,14). The normalized spacial score (nSPS) is 10.5. The Morgan fingerprint density at radius 3 is 2.87 bits per heavy atom. The van der Waals surface area contributed by atoms with Gasteiger partial charge in [-0.3, -0.25) is 0 Å². The van der Waals surface area contributed by atoms with Crippen LogP contribution < -0.4 is 5.73 Å². The molecule has 1 aromatic carbocycles. The van der Waals surface area contributed by atoms with Crippen LogP contribution in [0.25, 0.3) is 0 Å². The smallest absolute Gasteiger partial charge is 0.292 e. The highest BCUT2D eigenvalue weighted by atomic mass is 19.1. The first-order valence-electron chi connectivity index (χ1n) is 4.68. The van der Waals surface area contributed by atoms with Crippen LogP contribution in [0.1, 0.15) is 11.3 Å². The number of hydrogen-bond acceptors (Lipinski definition) is 3. The molecular weight excluding hydrogens is 195 g/mol. The molecule has 0 aliphatic heterocycles. The first kappa shape index (κ1) is 9.71. The lowest BCUT2D eigenvalue weighted by Crippen LogP contribution is -1.90. The van der Waals surface area contributed by atoms with E-state index in [2.05, 4.69) is 4.98 Å². The van der Waals surface area contributed by atoms with Gasteiger partial charge in [-0.2, -0.15) is 0 Å². The summed E-state index contributed by atoms with van der Waals surface area (Å²) in [7, 11) is 0. The number of halogens is 1. The number of oxazole rings is 1. The number of nitrogens with two attached hydrogens (primary N) is 1. The van der Waals surface area contributed by atoms with Crippen molar-refractivity contribution in [1.82, 2.24) is 4.98 Å². The Bertz CT molecular complexity index is 453. The number of anilines is 1. The summed E-state index contributed by atoms with van der Waals surface area (Å²) in [5.41, 5.74) is 6.27. The van der Waals surface area contributed by atoms with Crippen LogP contribution in [0, 0.1) is 5.82 Å². The highest BCUT2D eigenvalue weighted by Gasteiger charge is 2.01. The van der Waals surface area contributed by atoms with Gasteiger partial charge in [0.15, 0.2) is 0 Å². The third-order valence-electron chi connectivity index (χ3n) is 2.12. The number of nitrogen functional groups attached to an aromatic ring is 1. The molecule has 0 aliphatic carbocycles. The Labute approximate surface area is 86.7 Å². The summed E-state index contributed by atoms with van der Waals surface area (Å²) in [6.07, 6.45) is 2.98. The first-order chi connectivity index (χ1) is 7.24. The Morgan fingerprint density at radius 1 is 1.33 bits per heavy atom. The molecule has 2 aromatic rings. The summed E-state index contributed by atoms with van der Waals surface area (Å²) >= 11 is 0. The van der Waals surface area contributed by atoms with Crippen LogP contribution in [0.2, 0.25) is 0 Å². The van der Waals surface area contributed by atoms with Crippen molar-refractivity contribution in [3.8, 4) is 0 Å². The van der Waals surface area contributed by atoms with Gasteiger partial charge in [-0.05, 0) is 24.1 Å². The van der Waals surface area contributed by atoms with Crippen molar-refractivity contribution in [1.29, 1.82) is 0 Å². The van der Waals surface area contributed by atoms with E-state index in [1.54, 1.807) is 12.3 Å². The molecule has 0 amide bonds. The van der Waals surface area contributed by atoms with Gasteiger partial charge < -0.3 is 10.2 Å². The van der Waals surface area contributed by atoms with Crippen LogP contribution in [0.15, 0.2) is 34.9 Å². The quantitative estimate of drug-likeness (QED) is 0.837. The van der Waals surface area contributed by atoms with Crippen molar-refractivity contribution in [2.45, 2.75) is 12.8 Å². The summed E-state index contributed by atoms with van der Waals surface area (Å²) in [6, 6.07) is 6.68. The van der Waals surface area contributed by atoms with Crippen molar-refractivity contribution >= 4 is 6.01 Å². The van der Waals surface area contributed by atoms with E-state index < -0.39 is 0 Å². The van der Waals surface area contributed by atoms with Crippen molar-refractivity contribution in [2.24, 2.45) is 0 Å². The number of rotatable bonds is 3. The predicted molar refractivity (Wildman–Crippen MR) is 54.7 cm³/mol. The summed E-state index contributed by atoms with van der Waals surface area (Å²) in [4.78, 5) is 3.78. The lowest BCUT2D eigenvalue weighted by atomic mass is 10.1. The molecule has 0 aliphatic rings. The van der Waals surface area contributed by atoms with Gasteiger partial charge in [0.2, 0.25) is 0 Å². The Balaban J connectivity index is 1.99. The Kier molecular flexibility index (Phi) is 2.67.